The van der Waals surface area contributed by atoms with Crippen LogP contribution >= 0.6 is 11.3 Å². The molecule has 2 aromatic rings. The predicted molar refractivity (Wildman–Crippen MR) is 97.0 cm³/mol. The summed E-state index contributed by atoms with van der Waals surface area (Å²) < 4.78 is 6.23. The van der Waals surface area contributed by atoms with Crippen molar-refractivity contribution in [3.05, 3.63) is 52.5 Å². The normalized spacial score (nSPS) is 26.0. The fraction of sp³-hybridized carbons (Fsp3) is 0.526. The van der Waals surface area contributed by atoms with E-state index in [0.717, 1.165) is 39.3 Å². The summed E-state index contributed by atoms with van der Waals surface area (Å²) in [4.78, 5) is 9.33. The molecule has 2 fully saturated rings. The van der Waals surface area contributed by atoms with Crippen LogP contribution in [0.4, 0.5) is 0 Å². The van der Waals surface area contributed by atoms with Crippen LogP contribution in [0.2, 0.25) is 0 Å². The summed E-state index contributed by atoms with van der Waals surface area (Å²) in [6.07, 6.45) is 5.44. The van der Waals surface area contributed by atoms with Crippen LogP contribution in [0, 0.1) is 5.92 Å². The molecule has 4 heterocycles. The first-order valence-electron chi connectivity index (χ1n) is 8.83. The largest absolute Gasteiger partial charge is 0.375 e. The third-order valence-electron chi connectivity index (χ3n) is 5.13. The molecule has 0 N–H and O–H groups in total. The van der Waals surface area contributed by atoms with E-state index in [-0.39, 0.29) is 0 Å². The lowest BCUT2D eigenvalue weighted by Gasteiger charge is -2.38. The molecule has 128 valence electrons. The third kappa shape index (κ3) is 4.03. The zero-order valence-electron chi connectivity index (χ0n) is 14.0. The van der Waals surface area contributed by atoms with Crippen LogP contribution in [-0.2, 0) is 17.8 Å². The van der Waals surface area contributed by atoms with Crippen molar-refractivity contribution < 1.29 is 4.74 Å². The standard InChI is InChI=1S/C19H25N3OS/c1-2-16(10-20-5-1)11-22-7-8-23-19-14-21(6-3-18(19)13-22)12-17-4-9-24-15-17/h1-2,4-5,9-10,15,18-19H,3,6-8,11-14H2/t18-,19-/m1/s1. The molecule has 0 unspecified atom stereocenters. The molecule has 2 atom stereocenters. The average molecular weight is 343 g/mol. The second kappa shape index (κ2) is 7.74. The maximum atomic E-state index is 6.23. The summed E-state index contributed by atoms with van der Waals surface area (Å²) in [5.41, 5.74) is 2.73. The van der Waals surface area contributed by atoms with Crippen molar-refractivity contribution in [2.75, 3.05) is 32.8 Å². The molecule has 5 heteroatoms. The highest BCUT2D eigenvalue weighted by Gasteiger charge is 2.33. The molecule has 0 amide bonds. The fourth-order valence-corrected chi connectivity index (χ4v) is 4.52. The molecule has 2 aliphatic rings. The Balaban J connectivity index is 1.34. The van der Waals surface area contributed by atoms with Gasteiger partial charge in [0, 0.05) is 51.0 Å². The number of aromatic nitrogens is 1. The predicted octanol–water partition coefficient (Wildman–Crippen LogP) is 2.87. The fourth-order valence-electron chi connectivity index (χ4n) is 3.86. The van der Waals surface area contributed by atoms with E-state index in [1.165, 1.54) is 24.1 Å². The third-order valence-corrected chi connectivity index (χ3v) is 5.86. The van der Waals surface area contributed by atoms with Crippen LogP contribution in [0.25, 0.3) is 0 Å². The topological polar surface area (TPSA) is 28.6 Å². The number of fused-ring (bicyclic) bond motifs is 1. The van der Waals surface area contributed by atoms with E-state index in [1.54, 1.807) is 11.3 Å². The van der Waals surface area contributed by atoms with Crippen molar-refractivity contribution >= 4 is 11.3 Å². The first kappa shape index (κ1) is 16.2. The van der Waals surface area contributed by atoms with Crippen LogP contribution in [0.5, 0.6) is 0 Å². The molecule has 0 aliphatic carbocycles. The second-order valence-electron chi connectivity index (χ2n) is 6.92. The lowest BCUT2D eigenvalue weighted by Crippen LogP contribution is -2.46. The minimum Gasteiger partial charge on any atom is -0.375 e. The van der Waals surface area contributed by atoms with Gasteiger partial charge in [0.05, 0.1) is 12.7 Å². The Bertz CT molecular complexity index is 619. The molecule has 0 bridgehead atoms. The molecule has 4 rings (SSSR count). The Morgan fingerprint density at radius 1 is 1.12 bits per heavy atom. The van der Waals surface area contributed by atoms with Gasteiger partial charge in [-0.3, -0.25) is 14.8 Å². The molecule has 24 heavy (non-hydrogen) atoms. The average Bonchev–Trinajstić information content (AvgIpc) is 3.02. The minimum atomic E-state index is 0.385. The number of hydrogen-bond donors (Lipinski definition) is 0. The Hall–Kier alpha value is -1.27. The van der Waals surface area contributed by atoms with Gasteiger partial charge in [-0.25, -0.2) is 0 Å². The quantitative estimate of drug-likeness (QED) is 0.853. The van der Waals surface area contributed by atoms with Gasteiger partial charge in [0.2, 0.25) is 0 Å². The van der Waals surface area contributed by atoms with E-state index in [1.807, 2.05) is 18.5 Å². The molecular weight excluding hydrogens is 318 g/mol. The highest BCUT2D eigenvalue weighted by Crippen LogP contribution is 2.26. The van der Waals surface area contributed by atoms with Gasteiger partial charge in [0.25, 0.3) is 0 Å². The van der Waals surface area contributed by atoms with Crippen LogP contribution in [-0.4, -0.2) is 53.7 Å². The van der Waals surface area contributed by atoms with E-state index < -0.39 is 0 Å². The van der Waals surface area contributed by atoms with Gasteiger partial charge in [0.15, 0.2) is 0 Å². The summed E-state index contributed by atoms with van der Waals surface area (Å²) in [6.45, 7) is 7.31. The second-order valence-corrected chi connectivity index (χ2v) is 7.70. The zero-order chi connectivity index (χ0) is 16.2. The molecule has 0 spiro atoms. The summed E-state index contributed by atoms with van der Waals surface area (Å²) in [6, 6.07) is 6.43. The first-order chi connectivity index (χ1) is 11.9. The number of piperidine rings is 1. The highest BCUT2D eigenvalue weighted by atomic mass is 32.1. The zero-order valence-corrected chi connectivity index (χ0v) is 14.8. The van der Waals surface area contributed by atoms with Gasteiger partial charge in [-0.05, 0) is 47.0 Å². The molecule has 4 nitrogen and oxygen atoms in total. The van der Waals surface area contributed by atoms with Gasteiger partial charge < -0.3 is 4.74 Å². The monoisotopic (exact) mass is 343 g/mol. The Morgan fingerprint density at radius 2 is 2.04 bits per heavy atom. The van der Waals surface area contributed by atoms with Gasteiger partial charge in [-0.1, -0.05) is 6.07 Å². The van der Waals surface area contributed by atoms with E-state index in [0.29, 0.717) is 12.0 Å². The molecular formula is C19H25N3OS. The molecule has 2 aliphatic heterocycles. The van der Waals surface area contributed by atoms with Gasteiger partial charge >= 0.3 is 0 Å². The number of thiophene rings is 1. The lowest BCUT2D eigenvalue weighted by molar-refractivity contribution is -0.0241. The number of nitrogens with zero attached hydrogens (tertiary/aromatic N) is 3. The Labute approximate surface area is 148 Å². The van der Waals surface area contributed by atoms with E-state index in [4.69, 9.17) is 4.74 Å². The van der Waals surface area contributed by atoms with Crippen molar-refractivity contribution in [1.82, 2.24) is 14.8 Å². The molecule has 0 radical (unpaired) electrons. The SMILES string of the molecule is c1cncc(CN2CCO[C@@H]3CN(Cc4ccsc4)CC[C@@H]3C2)c1. The van der Waals surface area contributed by atoms with Crippen LogP contribution in [0.1, 0.15) is 17.5 Å². The van der Waals surface area contributed by atoms with E-state index in [9.17, 15) is 0 Å². The van der Waals surface area contributed by atoms with Crippen LogP contribution < -0.4 is 0 Å². The van der Waals surface area contributed by atoms with Crippen molar-refractivity contribution in [3.8, 4) is 0 Å². The van der Waals surface area contributed by atoms with Crippen molar-refractivity contribution in [3.63, 3.8) is 0 Å². The number of pyridine rings is 1. The molecule has 0 saturated carbocycles. The van der Waals surface area contributed by atoms with E-state index >= 15 is 0 Å². The summed E-state index contributed by atoms with van der Waals surface area (Å²) in [5, 5.41) is 4.43. The van der Waals surface area contributed by atoms with Gasteiger partial charge in [-0.15, -0.1) is 0 Å². The van der Waals surface area contributed by atoms with Gasteiger partial charge in [0.1, 0.15) is 0 Å². The molecule has 2 aromatic heterocycles. The van der Waals surface area contributed by atoms with Crippen molar-refractivity contribution in [1.29, 1.82) is 0 Å². The summed E-state index contributed by atoms with van der Waals surface area (Å²) >= 11 is 1.79. The number of ether oxygens (including phenoxy) is 1. The Kier molecular flexibility index (Phi) is 5.23. The molecule has 2 saturated heterocycles. The van der Waals surface area contributed by atoms with Crippen LogP contribution in [0.3, 0.4) is 0 Å². The Morgan fingerprint density at radius 3 is 2.88 bits per heavy atom. The number of likely N-dealkylation sites (tertiary alicyclic amines) is 1. The summed E-state index contributed by atoms with van der Waals surface area (Å²) in [7, 11) is 0. The van der Waals surface area contributed by atoms with Crippen molar-refractivity contribution in [2.24, 2.45) is 5.92 Å². The minimum absolute atomic E-state index is 0.385. The number of hydrogen-bond acceptors (Lipinski definition) is 5. The van der Waals surface area contributed by atoms with E-state index in [2.05, 4.69) is 37.7 Å². The van der Waals surface area contributed by atoms with Crippen LogP contribution in [0.15, 0.2) is 41.4 Å². The summed E-state index contributed by atoms with van der Waals surface area (Å²) in [5.74, 6) is 0.655. The lowest BCUT2D eigenvalue weighted by atomic mass is 9.93. The maximum Gasteiger partial charge on any atom is 0.0743 e. The number of rotatable bonds is 4. The molecule has 0 aromatic carbocycles. The highest BCUT2D eigenvalue weighted by molar-refractivity contribution is 7.07. The van der Waals surface area contributed by atoms with Gasteiger partial charge in [-0.2, -0.15) is 11.3 Å². The maximum absolute atomic E-state index is 6.23. The smallest absolute Gasteiger partial charge is 0.0743 e. The van der Waals surface area contributed by atoms with Crippen molar-refractivity contribution in [2.45, 2.75) is 25.6 Å². The first-order valence-corrected chi connectivity index (χ1v) is 9.77.